The Hall–Kier alpha value is -1.26. The number of aliphatic carboxylic acids is 1. The summed E-state index contributed by atoms with van der Waals surface area (Å²) < 4.78 is 0. The number of carboxylic acids is 1. The normalized spacial score (nSPS) is 12.2. The highest BCUT2D eigenvalue weighted by Crippen LogP contribution is 2.16. The fraction of sp³-hybridized carbons (Fsp3) is 0.364. The van der Waals surface area contributed by atoms with E-state index in [0.29, 0.717) is 18.0 Å². The van der Waals surface area contributed by atoms with Gasteiger partial charge in [0.15, 0.2) is 0 Å². The van der Waals surface area contributed by atoms with Gasteiger partial charge in [-0.25, -0.2) is 0 Å². The van der Waals surface area contributed by atoms with E-state index >= 15 is 0 Å². The molecule has 16 heavy (non-hydrogen) atoms. The molecule has 0 heterocycles. The summed E-state index contributed by atoms with van der Waals surface area (Å²) in [5.74, 6) is -0.968. The highest BCUT2D eigenvalue weighted by molar-refractivity contribution is 6.30. The van der Waals surface area contributed by atoms with Gasteiger partial charge >= 0.3 is 5.97 Å². The van der Waals surface area contributed by atoms with Crippen LogP contribution in [0.3, 0.4) is 0 Å². The minimum Gasteiger partial charge on any atom is -0.480 e. The Labute approximate surface area is 99.6 Å². The average Bonchev–Trinajstić information content (AvgIpc) is 2.26. The van der Waals surface area contributed by atoms with Crippen molar-refractivity contribution >= 4 is 23.3 Å². The first-order chi connectivity index (χ1) is 7.50. The van der Waals surface area contributed by atoms with Crippen LogP contribution in [0.2, 0.25) is 5.02 Å². The first-order valence-corrected chi connectivity index (χ1v) is 5.33. The molecular formula is C11H15ClN2O2. The van der Waals surface area contributed by atoms with Crippen LogP contribution in [0.5, 0.6) is 0 Å². The van der Waals surface area contributed by atoms with Crippen LogP contribution in [0.1, 0.15) is 6.42 Å². The molecule has 5 heteroatoms. The van der Waals surface area contributed by atoms with Crippen molar-refractivity contribution in [3.8, 4) is 0 Å². The van der Waals surface area contributed by atoms with E-state index in [9.17, 15) is 4.79 Å². The van der Waals surface area contributed by atoms with Crippen LogP contribution in [-0.4, -0.2) is 30.7 Å². The Kier molecular flexibility index (Phi) is 4.58. The fourth-order valence-electron chi connectivity index (χ4n) is 1.28. The van der Waals surface area contributed by atoms with E-state index in [0.717, 1.165) is 5.69 Å². The average molecular weight is 243 g/mol. The number of nitrogens with two attached hydrogens (primary N) is 1. The second-order valence-corrected chi connectivity index (χ2v) is 4.07. The fourth-order valence-corrected chi connectivity index (χ4v) is 1.41. The molecule has 1 atom stereocenters. The number of carboxylic acid groups (broad SMARTS) is 1. The second-order valence-electron chi connectivity index (χ2n) is 3.63. The molecular weight excluding hydrogens is 228 g/mol. The van der Waals surface area contributed by atoms with E-state index in [1.165, 1.54) is 0 Å². The van der Waals surface area contributed by atoms with Crippen molar-refractivity contribution in [3.63, 3.8) is 0 Å². The quantitative estimate of drug-likeness (QED) is 0.823. The first kappa shape index (κ1) is 12.8. The zero-order valence-electron chi connectivity index (χ0n) is 9.06. The molecule has 0 saturated carbocycles. The number of anilines is 1. The van der Waals surface area contributed by atoms with Crippen LogP contribution in [0, 0.1) is 0 Å². The molecule has 0 radical (unpaired) electrons. The zero-order chi connectivity index (χ0) is 12.1. The predicted octanol–water partition coefficient (Wildman–Crippen LogP) is 1.58. The molecule has 0 saturated heterocycles. The van der Waals surface area contributed by atoms with Gasteiger partial charge in [-0.2, -0.15) is 0 Å². The molecule has 0 amide bonds. The molecule has 88 valence electrons. The summed E-state index contributed by atoms with van der Waals surface area (Å²) in [7, 11) is 1.89. The summed E-state index contributed by atoms with van der Waals surface area (Å²) in [4.78, 5) is 12.5. The molecule has 0 aliphatic carbocycles. The third-order valence-corrected chi connectivity index (χ3v) is 2.61. The second kappa shape index (κ2) is 5.72. The third-order valence-electron chi connectivity index (χ3n) is 2.36. The molecule has 0 aromatic heterocycles. The third kappa shape index (κ3) is 3.72. The molecule has 4 nitrogen and oxygen atoms in total. The minimum absolute atomic E-state index is 0.411. The maximum atomic E-state index is 10.5. The van der Waals surface area contributed by atoms with Crippen molar-refractivity contribution in [2.75, 3.05) is 18.5 Å². The molecule has 0 bridgehead atoms. The van der Waals surface area contributed by atoms with Crippen LogP contribution < -0.4 is 10.6 Å². The highest BCUT2D eigenvalue weighted by atomic mass is 35.5. The van der Waals surface area contributed by atoms with Gasteiger partial charge in [-0.1, -0.05) is 11.6 Å². The number of rotatable bonds is 5. The molecule has 0 spiro atoms. The lowest BCUT2D eigenvalue weighted by Crippen LogP contribution is -2.34. The van der Waals surface area contributed by atoms with E-state index in [1.54, 1.807) is 12.1 Å². The molecule has 0 aliphatic rings. The van der Waals surface area contributed by atoms with Crippen molar-refractivity contribution in [3.05, 3.63) is 29.3 Å². The zero-order valence-corrected chi connectivity index (χ0v) is 9.81. The van der Waals surface area contributed by atoms with E-state index in [4.69, 9.17) is 22.4 Å². The van der Waals surface area contributed by atoms with Crippen LogP contribution in [-0.2, 0) is 4.79 Å². The number of carbonyl (C=O) groups is 1. The molecule has 0 fully saturated rings. The Balaban J connectivity index is 2.49. The number of benzene rings is 1. The SMILES string of the molecule is CN(CC[C@H](N)C(=O)O)c1ccc(Cl)cc1. The lowest BCUT2D eigenvalue weighted by atomic mass is 10.2. The van der Waals surface area contributed by atoms with Gasteiger partial charge in [0.2, 0.25) is 0 Å². The summed E-state index contributed by atoms with van der Waals surface area (Å²) in [5.41, 5.74) is 6.41. The van der Waals surface area contributed by atoms with Gasteiger partial charge in [0, 0.05) is 24.3 Å². The van der Waals surface area contributed by atoms with Gasteiger partial charge in [-0.15, -0.1) is 0 Å². The van der Waals surface area contributed by atoms with Crippen molar-refractivity contribution in [2.45, 2.75) is 12.5 Å². The van der Waals surface area contributed by atoms with Gasteiger partial charge < -0.3 is 15.7 Å². The number of halogens is 1. The van der Waals surface area contributed by atoms with Crippen molar-refractivity contribution in [2.24, 2.45) is 5.73 Å². The summed E-state index contributed by atoms with van der Waals surface area (Å²) >= 11 is 5.77. The molecule has 0 aliphatic heterocycles. The number of nitrogens with zero attached hydrogens (tertiary/aromatic N) is 1. The maximum absolute atomic E-state index is 10.5. The lowest BCUT2D eigenvalue weighted by molar-refractivity contribution is -0.138. The van der Waals surface area contributed by atoms with Crippen LogP contribution >= 0.6 is 11.6 Å². The van der Waals surface area contributed by atoms with E-state index in [-0.39, 0.29) is 0 Å². The largest absolute Gasteiger partial charge is 0.480 e. The monoisotopic (exact) mass is 242 g/mol. The molecule has 0 unspecified atom stereocenters. The van der Waals surface area contributed by atoms with Crippen LogP contribution in [0.4, 0.5) is 5.69 Å². The van der Waals surface area contributed by atoms with Crippen LogP contribution in [0.15, 0.2) is 24.3 Å². The predicted molar refractivity (Wildman–Crippen MR) is 65.0 cm³/mol. The number of hydrogen-bond donors (Lipinski definition) is 2. The Morgan fingerprint density at radius 1 is 1.50 bits per heavy atom. The summed E-state index contributed by atoms with van der Waals surface area (Å²) in [6, 6.07) is 6.55. The van der Waals surface area contributed by atoms with Crippen molar-refractivity contribution < 1.29 is 9.90 Å². The van der Waals surface area contributed by atoms with Gasteiger partial charge in [-0.3, -0.25) is 4.79 Å². The van der Waals surface area contributed by atoms with Crippen molar-refractivity contribution in [1.82, 2.24) is 0 Å². The molecule has 1 aromatic rings. The first-order valence-electron chi connectivity index (χ1n) is 4.96. The Morgan fingerprint density at radius 2 is 2.06 bits per heavy atom. The number of hydrogen-bond acceptors (Lipinski definition) is 3. The van der Waals surface area contributed by atoms with Gasteiger partial charge in [-0.05, 0) is 30.7 Å². The van der Waals surface area contributed by atoms with E-state index in [2.05, 4.69) is 0 Å². The highest BCUT2D eigenvalue weighted by Gasteiger charge is 2.12. The molecule has 3 N–H and O–H groups in total. The smallest absolute Gasteiger partial charge is 0.320 e. The van der Waals surface area contributed by atoms with E-state index in [1.807, 2.05) is 24.1 Å². The Bertz CT molecular complexity index is 354. The van der Waals surface area contributed by atoms with E-state index < -0.39 is 12.0 Å². The molecule has 1 aromatic carbocycles. The topological polar surface area (TPSA) is 66.6 Å². The summed E-state index contributed by atoms with van der Waals surface area (Å²) in [5, 5.41) is 9.32. The van der Waals surface area contributed by atoms with Crippen LogP contribution in [0.25, 0.3) is 0 Å². The summed E-state index contributed by atoms with van der Waals surface area (Å²) in [6.45, 7) is 0.592. The van der Waals surface area contributed by atoms with Gasteiger partial charge in [0.25, 0.3) is 0 Å². The summed E-state index contributed by atoms with van der Waals surface area (Å²) in [6.07, 6.45) is 0.411. The van der Waals surface area contributed by atoms with Gasteiger partial charge in [0.1, 0.15) is 6.04 Å². The van der Waals surface area contributed by atoms with Gasteiger partial charge in [0.05, 0.1) is 0 Å². The minimum atomic E-state index is -0.968. The lowest BCUT2D eigenvalue weighted by Gasteiger charge is -2.20. The standard InChI is InChI=1S/C11H15ClN2O2/c1-14(7-6-10(13)11(15)16)9-4-2-8(12)3-5-9/h2-5,10H,6-7,13H2,1H3,(H,15,16)/t10-/m0/s1. The molecule has 1 rings (SSSR count). The Morgan fingerprint density at radius 3 is 2.56 bits per heavy atom. The maximum Gasteiger partial charge on any atom is 0.320 e. The van der Waals surface area contributed by atoms with Crippen molar-refractivity contribution in [1.29, 1.82) is 0 Å².